The summed E-state index contributed by atoms with van der Waals surface area (Å²) in [5.41, 5.74) is 3.66. The van der Waals surface area contributed by atoms with Gasteiger partial charge in [-0.1, -0.05) is 51.4 Å². The van der Waals surface area contributed by atoms with Gasteiger partial charge in [0.25, 0.3) is 0 Å². The number of hydrogen-bond acceptors (Lipinski definition) is 5. The van der Waals surface area contributed by atoms with Gasteiger partial charge in [-0.15, -0.1) is 0 Å². The largest absolute Gasteiger partial charge is 0.361 e. The minimum Gasteiger partial charge on any atom is -0.361 e. The van der Waals surface area contributed by atoms with Gasteiger partial charge in [0, 0.05) is 54.3 Å². The monoisotopic (exact) mass is 465 g/mol. The lowest BCUT2D eigenvalue weighted by atomic mass is 10.1. The first-order chi connectivity index (χ1) is 14.7. The summed E-state index contributed by atoms with van der Waals surface area (Å²) < 4.78 is 6.66. The number of aromatic nitrogens is 3. The zero-order valence-corrected chi connectivity index (χ0v) is 18.3. The molecule has 0 spiro atoms. The van der Waals surface area contributed by atoms with E-state index in [4.69, 9.17) is 4.52 Å². The van der Waals surface area contributed by atoms with Gasteiger partial charge in [0.05, 0.1) is 13.0 Å². The lowest BCUT2D eigenvalue weighted by Crippen LogP contribution is -2.45. The number of hydrogen-bond donors (Lipinski definition) is 1. The van der Waals surface area contributed by atoms with Crippen LogP contribution in [0.4, 0.5) is 0 Å². The van der Waals surface area contributed by atoms with Crippen LogP contribution >= 0.6 is 15.9 Å². The van der Waals surface area contributed by atoms with Crippen molar-refractivity contribution < 1.29 is 4.52 Å². The maximum Gasteiger partial charge on any atom is 0.231 e. The van der Waals surface area contributed by atoms with Crippen LogP contribution in [0.2, 0.25) is 0 Å². The Morgan fingerprint density at radius 3 is 2.60 bits per heavy atom. The molecule has 2 aromatic carbocycles. The van der Waals surface area contributed by atoms with Gasteiger partial charge >= 0.3 is 0 Å². The predicted octanol–water partition coefficient (Wildman–Crippen LogP) is 4.22. The second kappa shape index (κ2) is 8.71. The number of rotatable bonds is 6. The van der Waals surface area contributed by atoms with Crippen LogP contribution in [0.3, 0.4) is 0 Å². The number of halogens is 1. The van der Waals surface area contributed by atoms with Crippen molar-refractivity contribution in [3.8, 4) is 0 Å². The second-order valence-electron chi connectivity index (χ2n) is 7.82. The molecule has 0 aliphatic carbocycles. The van der Waals surface area contributed by atoms with E-state index in [1.807, 2.05) is 12.3 Å². The van der Waals surface area contributed by atoms with E-state index < -0.39 is 0 Å². The standard InChI is InChI=1S/C23H24BrN5O/c24-19-5-3-4-17(12-19)15-28-8-10-29(11-9-28)16-22-26-23(30-27-22)13-18-14-25-21-7-2-1-6-20(18)21/h1-7,12,14,25H,8-11,13,15-16H2. The Bertz CT molecular complexity index is 1130. The minimum absolute atomic E-state index is 0.650. The van der Waals surface area contributed by atoms with Crippen molar-refractivity contribution in [2.24, 2.45) is 0 Å². The molecule has 3 heterocycles. The molecule has 1 aliphatic rings. The van der Waals surface area contributed by atoms with Crippen LogP contribution in [0.5, 0.6) is 0 Å². The number of H-pyrrole nitrogens is 1. The van der Waals surface area contributed by atoms with Crippen molar-refractivity contribution in [1.29, 1.82) is 0 Å². The summed E-state index contributed by atoms with van der Waals surface area (Å²) in [6.45, 7) is 5.85. The van der Waals surface area contributed by atoms with Crippen LogP contribution in [-0.4, -0.2) is 51.1 Å². The molecule has 30 heavy (non-hydrogen) atoms. The Morgan fingerprint density at radius 2 is 1.77 bits per heavy atom. The number of nitrogens with zero attached hydrogens (tertiary/aromatic N) is 4. The van der Waals surface area contributed by atoms with E-state index in [2.05, 4.69) is 83.3 Å². The van der Waals surface area contributed by atoms with Crippen LogP contribution in [0.1, 0.15) is 22.8 Å². The molecule has 5 rings (SSSR count). The fraction of sp³-hybridized carbons (Fsp3) is 0.304. The summed E-state index contributed by atoms with van der Waals surface area (Å²) in [5.74, 6) is 1.44. The van der Waals surface area contributed by atoms with E-state index in [0.29, 0.717) is 12.3 Å². The Balaban J connectivity index is 1.14. The zero-order valence-electron chi connectivity index (χ0n) is 16.7. The van der Waals surface area contributed by atoms with E-state index in [9.17, 15) is 0 Å². The third-order valence-electron chi connectivity index (χ3n) is 5.65. The van der Waals surface area contributed by atoms with Gasteiger partial charge in [0.1, 0.15) is 0 Å². The molecule has 4 aromatic rings. The third-order valence-corrected chi connectivity index (χ3v) is 6.15. The van der Waals surface area contributed by atoms with Crippen LogP contribution in [0.25, 0.3) is 10.9 Å². The topological polar surface area (TPSA) is 61.2 Å². The Hall–Kier alpha value is -2.48. The smallest absolute Gasteiger partial charge is 0.231 e. The van der Waals surface area contributed by atoms with Gasteiger partial charge in [-0.05, 0) is 29.3 Å². The molecule has 154 valence electrons. The molecule has 1 saturated heterocycles. The first-order valence-corrected chi connectivity index (χ1v) is 11.1. The summed E-state index contributed by atoms with van der Waals surface area (Å²) in [7, 11) is 0. The van der Waals surface area contributed by atoms with Crippen LogP contribution in [-0.2, 0) is 19.5 Å². The predicted molar refractivity (Wildman–Crippen MR) is 120 cm³/mol. The van der Waals surface area contributed by atoms with Crippen molar-refractivity contribution in [3.05, 3.63) is 82.0 Å². The van der Waals surface area contributed by atoms with E-state index >= 15 is 0 Å². The van der Waals surface area contributed by atoms with Crippen molar-refractivity contribution in [1.82, 2.24) is 24.9 Å². The highest BCUT2D eigenvalue weighted by atomic mass is 79.9. The van der Waals surface area contributed by atoms with Gasteiger partial charge in [0.15, 0.2) is 5.82 Å². The maximum absolute atomic E-state index is 5.52. The highest BCUT2D eigenvalue weighted by Crippen LogP contribution is 2.20. The summed E-state index contributed by atoms with van der Waals surface area (Å²) >= 11 is 3.55. The van der Waals surface area contributed by atoms with Crippen LogP contribution < -0.4 is 0 Å². The van der Waals surface area contributed by atoms with Gasteiger partial charge in [-0.25, -0.2) is 0 Å². The molecular formula is C23H24BrN5O. The number of benzene rings is 2. The SMILES string of the molecule is Brc1cccc(CN2CCN(Cc3noc(Cc4c[nH]c5ccccc45)n3)CC2)c1. The highest BCUT2D eigenvalue weighted by Gasteiger charge is 2.19. The number of aromatic amines is 1. The fourth-order valence-electron chi connectivity index (χ4n) is 4.07. The second-order valence-corrected chi connectivity index (χ2v) is 8.74. The van der Waals surface area contributed by atoms with Crippen molar-refractivity contribution in [3.63, 3.8) is 0 Å². The maximum atomic E-state index is 5.52. The van der Waals surface area contributed by atoms with E-state index in [0.717, 1.165) is 55.1 Å². The van der Waals surface area contributed by atoms with E-state index in [-0.39, 0.29) is 0 Å². The molecule has 0 amide bonds. The quantitative estimate of drug-likeness (QED) is 0.461. The summed E-state index contributed by atoms with van der Waals surface area (Å²) in [4.78, 5) is 12.8. The van der Waals surface area contributed by atoms with Crippen LogP contribution in [0, 0.1) is 0 Å². The fourth-order valence-corrected chi connectivity index (χ4v) is 4.51. The molecule has 6 nitrogen and oxygen atoms in total. The average molecular weight is 466 g/mol. The molecule has 0 atom stereocenters. The van der Waals surface area contributed by atoms with Crippen LogP contribution in [0.15, 0.2) is 63.7 Å². The molecule has 1 N–H and O–H groups in total. The first kappa shape index (κ1) is 19.5. The first-order valence-electron chi connectivity index (χ1n) is 10.3. The normalized spacial score (nSPS) is 15.8. The van der Waals surface area contributed by atoms with Crippen molar-refractivity contribution in [2.75, 3.05) is 26.2 Å². The van der Waals surface area contributed by atoms with Crippen molar-refractivity contribution in [2.45, 2.75) is 19.5 Å². The molecule has 1 aliphatic heterocycles. The molecule has 7 heteroatoms. The molecule has 0 bridgehead atoms. The Morgan fingerprint density at radius 1 is 0.967 bits per heavy atom. The molecule has 0 radical (unpaired) electrons. The minimum atomic E-state index is 0.650. The molecule has 1 fully saturated rings. The Labute approximate surface area is 184 Å². The lowest BCUT2D eigenvalue weighted by Gasteiger charge is -2.34. The van der Waals surface area contributed by atoms with Crippen molar-refractivity contribution >= 4 is 26.8 Å². The zero-order chi connectivity index (χ0) is 20.3. The number of piperazine rings is 1. The summed E-state index contributed by atoms with van der Waals surface area (Å²) in [6, 6.07) is 16.8. The van der Waals surface area contributed by atoms with Gasteiger partial charge in [-0.3, -0.25) is 9.80 Å². The van der Waals surface area contributed by atoms with E-state index in [1.54, 1.807) is 0 Å². The third kappa shape index (κ3) is 4.48. The number of para-hydroxylation sites is 1. The molecule has 2 aromatic heterocycles. The number of nitrogens with one attached hydrogen (secondary N) is 1. The summed E-state index contributed by atoms with van der Waals surface area (Å²) in [5, 5.41) is 5.42. The molecule has 0 saturated carbocycles. The lowest BCUT2D eigenvalue weighted by molar-refractivity contribution is 0.119. The average Bonchev–Trinajstić information content (AvgIpc) is 3.37. The van der Waals surface area contributed by atoms with Gasteiger partial charge < -0.3 is 9.51 Å². The summed E-state index contributed by atoms with van der Waals surface area (Å²) in [6.07, 6.45) is 2.68. The molecular weight excluding hydrogens is 442 g/mol. The number of fused-ring (bicyclic) bond motifs is 1. The Kier molecular flexibility index (Phi) is 5.66. The van der Waals surface area contributed by atoms with Gasteiger partial charge in [-0.2, -0.15) is 4.98 Å². The highest BCUT2D eigenvalue weighted by molar-refractivity contribution is 9.10. The van der Waals surface area contributed by atoms with Gasteiger partial charge in [0.2, 0.25) is 5.89 Å². The van der Waals surface area contributed by atoms with E-state index in [1.165, 1.54) is 16.5 Å². The molecule has 0 unspecified atom stereocenters.